The average molecular weight is 225 g/mol. The zero-order valence-corrected chi connectivity index (χ0v) is 8.43. The summed E-state index contributed by atoms with van der Waals surface area (Å²) in [7, 11) is 0. The molecule has 0 spiro atoms. The number of hydrogen-bond acceptors (Lipinski definition) is 0. The SMILES string of the molecule is Fc1ccccc1-c1cccc(F)c1Cl. The zero-order chi connectivity index (χ0) is 10.8. The quantitative estimate of drug-likeness (QED) is 0.678. The van der Waals surface area contributed by atoms with Crippen LogP contribution in [-0.4, -0.2) is 0 Å². The Kier molecular flexibility index (Phi) is 2.69. The first-order valence-corrected chi connectivity index (χ1v) is 4.77. The van der Waals surface area contributed by atoms with Gasteiger partial charge in [-0.2, -0.15) is 0 Å². The smallest absolute Gasteiger partial charge is 0.142 e. The van der Waals surface area contributed by atoms with Gasteiger partial charge in [0, 0.05) is 11.1 Å². The molecule has 2 aromatic rings. The molecule has 0 amide bonds. The lowest BCUT2D eigenvalue weighted by Gasteiger charge is -2.05. The Hall–Kier alpha value is -1.41. The Morgan fingerprint density at radius 2 is 1.33 bits per heavy atom. The van der Waals surface area contributed by atoms with Crippen LogP contribution in [-0.2, 0) is 0 Å². The van der Waals surface area contributed by atoms with Crippen LogP contribution in [0.25, 0.3) is 11.1 Å². The van der Waals surface area contributed by atoms with Gasteiger partial charge in [0.15, 0.2) is 0 Å². The van der Waals surface area contributed by atoms with Crippen LogP contribution in [0.15, 0.2) is 42.5 Å². The van der Waals surface area contributed by atoms with Crippen LogP contribution in [0.5, 0.6) is 0 Å². The fourth-order valence-corrected chi connectivity index (χ4v) is 1.62. The van der Waals surface area contributed by atoms with Gasteiger partial charge in [0.05, 0.1) is 5.02 Å². The Bertz CT molecular complexity index is 495. The fraction of sp³-hybridized carbons (Fsp3) is 0. The van der Waals surface area contributed by atoms with Crippen molar-refractivity contribution in [3.05, 3.63) is 59.1 Å². The lowest BCUT2D eigenvalue weighted by molar-refractivity contribution is 0.625. The van der Waals surface area contributed by atoms with Crippen molar-refractivity contribution in [2.24, 2.45) is 0 Å². The Balaban J connectivity index is 2.65. The molecule has 0 saturated carbocycles. The molecule has 0 radical (unpaired) electrons. The van der Waals surface area contributed by atoms with E-state index in [1.165, 1.54) is 18.2 Å². The molecule has 0 aliphatic carbocycles. The van der Waals surface area contributed by atoms with E-state index in [9.17, 15) is 8.78 Å². The highest BCUT2D eigenvalue weighted by atomic mass is 35.5. The monoisotopic (exact) mass is 224 g/mol. The minimum absolute atomic E-state index is 0.0531. The first kappa shape index (κ1) is 10.1. The molecule has 0 aliphatic heterocycles. The van der Waals surface area contributed by atoms with Gasteiger partial charge in [0.2, 0.25) is 0 Å². The minimum Gasteiger partial charge on any atom is -0.206 e. The number of rotatable bonds is 1. The van der Waals surface area contributed by atoms with Crippen molar-refractivity contribution in [3.63, 3.8) is 0 Å². The highest BCUT2D eigenvalue weighted by molar-refractivity contribution is 6.33. The average Bonchev–Trinajstić information content (AvgIpc) is 2.23. The first-order valence-electron chi connectivity index (χ1n) is 4.39. The van der Waals surface area contributed by atoms with Crippen molar-refractivity contribution >= 4 is 11.6 Å². The second-order valence-corrected chi connectivity index (χ2v) is 3.46. The van der Waals surface area contributed by atoms with E-state index in [1.807, 2.05) is 0 Å². The topological polar surface area (TPSA) is 0 Å². The molecule has 0 fully saturated rings. The van der Waals surface area contributed by atoms with Gasteiger partial charge in [0.1, 0.15) is 11.6 Å². The molecule has 3 heteroatoms. The van der Waals surface area contributed by atoms with E-state index in [0.29, 0.717) is 11.1 Å². The number of hydrogen-bond donors (Lipinski definition) is 0. The van der Waals surface area contributed by atoms with E-state index >= 15 is 0 Å². The van der Waals surface area contributed by atoms with Crippen LogP contribution in [0.1, 0.15) is 0 Å². The number of benzene rings is 2. The van der Waals surface area contributed by atoms with E-state index < -0.39 is 11.6 Å². The molecule has 0 heterocycles. The predicted molar refractivity (Wildman–Crippen MR) is 56.8 cm³/mol. The largest absolute Gasteiger partial charge is 0.206 e. The molecule has 15 heavy (non-hydrogen) atoms. The zero-order valence-electron chi connectivity index (χ0n) is 7.68. The Morgan fingerprint density at radius 1 is 0.733 bits per heavy atom. The molecule has 0 N–H and O–H groups in total. The van der Waals surface area contributed by atoms with Gasteiger partial charge < -0.3 is 0 Å². The third-order valence-corrected chi connectivity index (χ3v) is 2.50. The molecule has 2 aromatic carbocycles. The molecule has 0 aromatic heterocycles. The predicted octanol–water partition coefficient (Wildman–Crippen LogP) is 4.29. The van der Waals surface area contributed by atoms with Gasteiger partial charge >= 0.3 is 0 Å². The van der Waals surface area contributed by atoms with Crippen molar-refractivity contribution in [3.8, 4) is 11.1 Å². The highest BCUT2D eigenvalue weighted by Gasteiger charge is 2.10. The maximum atomic E-state index is 13.4. The maximum Gasteiger partial charge on any atom is 0.142 e. The van der Waals surface area contributed by atoms with E-state index in [4.69, 9.17) is 11.6 Å². The van der Waals surface area contributed by atoms with Gasteiger partial charge in [-0.25, -0.2) is 8.78 Å². The summed E-state index contributed by atoms with van der Waals surface area (Å²) in [4.78, 5) is 0. The van der Waals surface area contributed by atoms with E-state index in [2.05, 4.69) is 0 Å². The molecule has 0 nitrogen and oxygen atoms in total. The molecule has 0 atom stereocenters. The normalized spacial score (nSPS) is 10.3. The van der Waals surface area contributed by atoms with Crippen molar-refractivity contribution in [1.82, 2.24) is 0 Å². The Labute approximate surface area is 91.1 Å². The summed E-state index contributed by atoms with van der Waals surface area (Å²) in [6.07, 6.45) is 0. The summed E-state index contributed by atoms with van der Waals surface area (Å²) in [5, 5.41) is -0.0531. The van der Waals surface area contributed by atoms with Gasteiger partial charge in [-0.1, -0.05) is 41.9 Å². The van der Waals surface area contributed by atoms with Crippen molar-refractivity contribution in [2.75, 3.05) is 0 Å². The van der Waals surface area contributed by atoms with Crippen LogP contribution in [0.2, 0.25) is 5.02 Å². The number of halogens is 3. The van der Waals surface area contributed by atoms with Gasteiger partial charge in [0.25, 0.3) is 0 Å². The van der Waals surface area contributed by atoms with E-state index in [1.54, 1.807) is 24.3 Å². The molecule has 0 saturated heterocycles. The van der Waals surface area contributed by atoms with Crippen LogP contribution >= 0.6 is 11.6 Å². The highest BCUT2D eigenvalue weighted by Crippen LogP contribution is 2.31. The van der Waals surface area contributed by atoms with E-state index in [-0.39, 0.29) is 5.02 Å². The summed E-state index contributed by atoms with van der Waals surface area (Å²) in [5.41, 5.74) is 0.678. The van der Waals surface area contributed by atoms with Crippen molar-refractivity contribution in [2.45, 2.75) is 0 Å². The summed E-state index contributed by atoms with van der Waals surface area (Å²) >= 11 is 5.76. The van der Waals surface area contributed by atoms with Gasteiger partial charge in [-0.05, 0) is 12.1 Å². The van der Waals surface area contributed by atoms with Crippen LogP contribution in [0.4, 0.5) is 8.78 Å². The maximum absolute atomic E-state index is 13.4. The molecule has 0 unspecified atom stereocenters. The van der Waals surface area contributed by atoms with E-state index in [0.717, 1.165) is 0 Å². The lowest BCUT2D eigenvalue weighted by Crippen LogP contribution is -1.86. The minimum atomic E-state index is -0.544. The first-order chi connectivity index (χ1) is 7.20. The second-order valence-electron chi connectivity index (χ2n) is 3.08. The van der Waals surface area contributed by atoms with Crippen molar-refractivity contribution < 1.29 is 8.78 Å². The van der Waals surface area contributed by atoms with Crippen LogP contribution in [0.3, 0.4) is 0 Å². The Morgan fingerprint density at radius 3 is 2.07 bits per heavy atom. The third-order valence-electron chi connectivity index (χ3n) is 2.12. The molecule has 0 aliphatic rings. The summed E-state index contributed by atoms with van der Waals surface area (Å²) < 4.78 is 26.5. The molecular weight excluding hydrogens is 218 g/mol. The molecule has 76 valence electrons. The molecular formula is C12H7ClF2. The third kappa shape index (κ3) is 1.85. The molecule has 0 bridgehead atoms. The fourth-order valence-electron chi connectivity index (χ4n) is 1.39. The standard InChI is InChI=1S/C12H7ClF2/c13-12-9(5-3-7-11(12)15)8-4-1-2-6-10(8)14/h1-7H. The van der Waals surface area contributed by atoms with Crippen LogP contribution < -0.4 is 0 Å². The van der Waals surface area contributed by atoms with Gasteiger partial charge in [-0.15, -0.1) is 0 Å². The second kappa shape index (κ2) is 3.99. The summed E-state index contributed by atoms with van der Waals surface area (Å²) in [6, 6.07) is 10.5. The van der Waals surface area contributed by atoms with Gasteiger partial charge in [-0.3, -0.25) is 0 Å². The summed E-state index contributed by atoms with van der Waals surface area (Å²) in [5.74, 6) is -0.956. The molecule has 2 rings (SSSR count). The summed E-state index contributed by atoms with van der Waals surface area (Å²) in [6.45, 7) is 0. The lowest BCUT2D eigenvalue weighted by atomic mass is 10.1. The van der Waals surface area contributed by atoms with Crippen LogP contribution in [0, 0.1) is 11.6 Å². The van der Waals surface area contributed by atoms with Crippen molar-refractivity contribution in [1.29, 1.82) is 0 Å².